The van der Waals surface area contributed by atoms with Crippen LogP contribution < -0.4 is 4.90 Å². The zero-order chi connectivity index (χ0) is 11.9. The molecular weight excluding hydrogens is 212 g/mol. The monoisotopic (exact) mass is 225 g/mol. The number of carbonyl (C=O) groups is 1. The molecule has 0 spiro atoms. The summed E-state index contributed by atoms with van der Waals surface area (Å²) in [5.74, 6) is -3.11. The third-order valence-corrected chi connectivity index (χ3v) is 2.60. The van der Waals surface area contributed by atoms with E-state index in [-0.39, 0.29) is 12.3 Å². The van der Waals surface area contributed by atoms with Crippen molar-refractivity contribution in [2.45, 2.75) is 26.2 Å². The molecule has 0 saturated carbocycles. The number of anilines is 1. The topological polar surface area (TPSA) is 20.3 Å². The zero-order valence-corrected chi connectivity index (χ0v) is 9.26. The molecule has 0 saturated heterocycles. The van der Waals surface area contributed by atoms with Gasteiger partial charge in [-0.15, -0.1) is 0 Å². The first-order chi connectivity index (χ1) is 7.37. The maximum absolute atomic E-state index is 12.9. The number of nitrogens with zero attached hydrogens (tertiary/aromatic N) is 1. The Balaban J connectivity index is 2.33. The molecule has 0 N–H and O–H groups in total. The number of fused-ring (bicyclic) bond motifs is 1. The number of carbonyl (C=O) groups excluding carboxylic acids is 1. The number of rotatable bonds is 2. The van der Waals surface area contributed by atoms with Gasteiger partial charge in [-0.2, -0.15) is 0 Å². The van der Waals surface area contributed by atoms with Gasteiger partial charge in [0.15, 0.2) is 0 Å². The van der Waals surface area contributed by atoms with E-state index in [1.54, 1.807) is 6.07 Å². The summed E-state index contributed by atoms with van der Waals surface area (Å²) in [6, 6.07) is 5.45. The molecule has 2 nitrogen and oxygen atoms in total. The van der Waals surface area contributed by atoms with E-state index >= 15 is 0 Å². The number of halogens is 2. The quantitative estimate of drug-likeness (QED) is 0.757. The summed E-state index contributed by atoms with van der Waals surface area (Å²) in [4.78, 5) is 12.8. The predicted octanol–water partition coefficient (Wildman–Crippen LogP) is 2.54. The van der Waals surface area contributed by atoms with E-state index in [4.69, 9.17) is 0 Å². The molecule has 2 rings (SSSR count). The van der Waals surface area contributed by atoms with E-state index in [1.807, 2.05) is 19.1 Å². The molecule has 0 aliphatic carbocycles. The fourth-order valence-electron chi connectivity index (χ4n) is 1.96. The smallest absolute Gasteiger partial charge is 0.263 e. The van der Waals surface area contributed by atoms with Gasteiger partial charge in [-0.25, -0.2) is 8.78 Å². The van der Waals surface area contributed by atoms with Gasteiger partial charge in [0.2, 0.25) is 5.91 Å². The number of aryl methyl sites for hydroxylation is 1. The molecule has 0 bridgehead atoms. The van der Waals surface area contributed by atoms with Gasteiger partial charge in [0.25, 0.3) is 5.92 Å². The molecule has 1 aliphatic rings. The second kappa shape index (κ2) is 3.54. The molecule has 1 aromatic carbocycles. The second-order valence-electron chi connectivity index (χ2n) is 4.36. The van der Waals surface area contributed by atoms with E-state index in [9.17, 15) is 13.6 Å². The van der Waals surface area contributed by atoms with Gasteiger partial charge in [0.1, 0.15) is 0 Å². The van der Waals surface area contributed by atoms with Crippen molar-refractivity contribution in [3.05, 3.63) is 29.3 Å². The van der Waals surface area contributed by atoms with Gasteiger partial charge in [0, 0.05) is 12.6 Å². The van der Waals surface area contributed by atoms with Crippen LogP contribution in [-0.2, 0) is 11.2 Å². The minimum atomic E-state index is -2.86. The molecule has 0 aromatic heterocycles. The highest BCUT2D eigenvalue weighted by atomic mass is 19.3. The first-order valence-corrected chi connectivity index (χ1v) is 5.14. The third kappa shape index (κ3) is 2.05. The fourth-order valence-corrected chi connectivity index (χ4v) is 1.96. The fraction of sp³-hybridized carbons (Fsp3) is 0.417. The largest absolute Gasteiger partial charge is 0.306 e. The van der Waals surface area contributed by atoms with Crippen LogP contribution in [0.3, 0.4) is 0 Å². The van der Waals surface area contributed by atoms with E-state index < -0.39 is 12.5 Å². The van der Waals surface area contributed by atoms with Crippen LogP contribution in [0.25, 0.3) is 0 Å². The minimum Gasteiger partial charge on any atom is -0.306 e. The summed E-state index contributed by atoms with van der Waals surface area (Å²) >= 11 is 0. The van der Waals surface area contributed by atoms with Crippen molar-refractivity contribution in [1.29, 1.82) is 0 Å². The van der Waals surface area contributed by atoms with Crippen molar-refractivity contribution in [2.24, 2.45) is 0 Å². The van der Waals surface area contributed by atoms with Gasteiger partial charge in [0.05, 0.1) is 13.0 Å². The summed E-state index contributed by atoms with van der Waals surface area (Å²) < 4.78 is 25.9. The van der Waals surface area contributed by atoms with Crippen LogP contribution in [0.15, 0.2) is 18.2 Å². The standard InChI is InChI=1S/C12H13F2NO/c1-8-3-4-10-9(5-8)6-11(16)15(10)7-12(2,13)14/h3-5H,6-7H2,1-2H3. The van der Waals surface area contributed by atoms with Crippen LogP contribution in [0, 0.1) is 6.92 Å². The molecule has 1 amide bonds. The van der Waals surface area contributed by atoms with Crippen molar-refractivity contribution in [2.75, 3.05) is 11.4 Å². The Bertz CT molecular complexity index is 437. The minimum absolute atomic E-state index is 0.229. The molecule has 16 heavy (non-hydrogen) atoms. The van der Waals surface area contributed by atoms with Crippen molar-refractivity contribution < 1.29 is 13.6 Å². The summed E-state index contributed by atoms with van der Waals surface area (Å²) in [7, 11) is 0. The van der Waals surface area contributed by atoms with E-state index in [2.05, 4.69) is 0 Å². The molecule has 0 radical (unpaired) electrons. The van der Waals surface area contributed by atoms with Crippen LogP contribution in [0.5, 0.6) is 0 Å². The molecule has 0 unspecified atom stereocenters. The highest BCUT2D eigenvalue weighted by molar-refractivity contribution is 6.01. The Morgan fingerprint density at radius 1 is 1.44 bits per heavy atom. The van der Waals surface area contributed by atoms with E-state index in [0.29, 0.717) is 5.69 Å². The SMILES string of the molecule is Cc1ccc2c(c1)CC(=O)N2CC(C)(F)F. The van der Waals surface area contributed by atoms with Crippen molar-refractivity contribution in [1.82, 2.24) is 0 Å². The molecule has 0 fully saturated rings. The summed E-state index contributed by atoms with van der Waals surface area (Å²) in [6.45, 7) is 2.20. The van der Waals surface area contributed by atoms with Crippen LogP contribution in [0.4, 0.5) is 14.5 Å². The van der Waals surface area contributed by atoms with Gasteiger partial charge < -0.3 is 4.90 Å². The summed E-state index contributed by atoms with van der Waals surface area (Å²) in [5, 5.41) is 0. The molecule has 4 heteroatoms. The molecular formula is C12H13F2NO. The number of hydrogen-bond acceptors (Lipinski definition) is 1. The van der Waals surface area contributed by atoms with Crippen molar-refractivity contribution in [3.63, 3.8) is 0 Å². The average molecular weight is 225 g/mol. The third-order valence-electron chi connectivity index (χ3n) is 2.60. The van der Waals surface area contributed by atoms with Gasteiger partial charge >= 0.3 is 0 Å². The van der Waals surface area contributed by atoms with Crippen LogP contribution >= 0.6 is 0 Å². The Morgan fingerprint density at radius 3 is 2.75 bits per heavy atom. The van der Waals surface area contributed by atoms with Gasteiger partial charge in [-0.05, 0) is 18.6 Å². The number of benzene rings is 1. The molecule has 1 aromatic rings. The number of amides is 1. The Morgan fingerprint density at radius 2 is 2.12 bits per heavy atom. The van der Waals surface area contributed by atoms with Gasteiger partial charge in [-0.3, -0.25) is 4.79 Å². The van der Waals surface area contributed by atoms with Crippen molar-refractivity contribution in [3.8, 4) is 0 Å². The maximum atomic E-state index is 12.9. The second-order valence-corrected chi connectivity index (χ2v) is 4.36. The van der Waals surface area contributed by atoms with Gasteiger partial charge in [-0.1, -0.05) is 17.7 Å². The lowest BCUT2D eigenvalue weighted by Gasteiger charge is -2.21. The van der Waals surface area contributed by atoms with E-state index in [0.717, 1.165) is 18.1 Å². The number of hydrogen-bond donors (Lipinski definition) is 0. The summed E-state index contributed by atoms with van der Waals surface area (Å²) in [5.41, 5.74) is 2.50. The zero-order valence-electron chi connectivity index (χ0n) is 9.26. The van der Waals surface area contributed by atoms with Crippen LogP contribution in [0.2, 0.25) is 0 Å². The lowest BCUT2D eigenvalue weighted by molar-refractivity contribution is -0.118. The Hall–Kier alpha value is -1.45. The Labute approximate surface area is 92.9 Å². The first kappa shape index (κ1) is 11.0. The highest BCUT2D eigenvalue weighted by Gasteiger charge is 2.34. The molecule has 1 aliphatic heterocycles. The lowest BCUT2D eigenvalue weighted by atomic mass is 10.1. The normalized spacial score (nSPS) is 15.5. The van der Waals surface area contributed by atoms with Crippen LogP contribution in [0.1, 0.15) is 18.1 Å². The lowest BCUT2D eigenvalue weighted by Crippen LogP contribution is -2.37. The van der Waals surface area contributed by atoms with Crippen molar-refractivity contribution >= 4 is 11.6 Å². The maximum Gasteiger partial charge on any atom is 0.263 e. The van der Waals surface area contributed by atoms with Crippen LogP contribution in [-0.4, -0.2) is 18.4 Å². The first-order valence-electron chi connectivity index (χ1n) is 5.14. The van der Waals surface area contributed by atoms with E-state index in [1.165, 1.54) is 4.90 Å². The number of alkyl halides is 2. The summed E-state index contributed by atoms with van der Waals surface area (Å²) in [6.07, 6.45) is 0.229. The Kier molecular flexibility index (Phi) is 2.45. The highest BCUT2D eigenvalue weighted by Crippen LogP contribution is 2.31. The molecule has 0 atom stereocenters. The average Bonchev–Trinajstić information content (AvgIpc) is 2.40. The molecule has 1 heterocycles. The molecule has 86 valence electrons. The predicted molar refractivity (Wildman–Crippen MR) is 57.9 cm³/mol.